The van der Waals surface area contributed by atoms with Crippen LogP contribution in [0.2, 0.25) is 10.0 Å². The number of ether oxygens (including phenoxy) is 1. The average molecular weight is 313 g/mol. The third kappa shape index (κ3) is 4.76. The molecule has 19 heavy (non-hydrogen) atoms. The highest BCUT2D eigenvalue weighted by molar-refractivity contribution is 6.34. The van der Waals surface area contributed by atoms with E-state index in [9.17, 15) is 18.0 Å². The summed E-state index contributed by atoms with van der Waals surface area (Å²) in [5, 5.41) is 0.341. The molecule has 0 bridgehead atoms. The van der Waals surface area contributed by atoms with Crippen molar-refractivity contribution in [2.24, 2.45) is 0 Å². The van der Waals surface area contributed by atoms with Crippen LogP contribution in [0.5, 0.6) is 0 Å². The molecule has 2 nitrogen and oxygen atoms in total. The summed E-state index contributed by atoms with van der Waals surface area (Å²) >= 11 is 11.4. The quantitative estimate of drug-likeness (QED) is 0.606. The van der Waals surface area contributed by atoms with Gasteiger partial charge >= 0.3 is 12.1 Å². The second kappa shape index (κ2) is 6.30. The molecule has 1 aromatic carbocycles. The smallest absolute Gasteiger partial charge is 0.423 e. The summed E-state index contributed by atoms with van der Waals surface area (Å²) < 4.78 is 42.6. The number of benzene rings is 1. The zero-order chi connectivity index (χ0) is 14.6. The summed E-state index contributed by atoms with van der Waals surface area (Å²) in [6.45, 7) is 1.27. The average Bonchev–Trinajstić information content (AvgIpc) is 2.23. The Morgan fingerprint density at radius 2 is 1.79 bits per heavy atom. The predicted molar refractivity (Wildman–Crippen MR) is 67.1 cm³/mol. The third-order valence-electron chi connectivity index (χ3n) is 2.00. The maximum Gasteiger partial charge on any atom is 0.423 e. The first-order valence-corrected chi connectivity index (χ1v) is 5.91. The number of esters is 1. The molecule has 0 radical (unpaired) electrons. The minimum absolute atomic E-state index is 0.0675. The van der Waals surface area contributed by atoms with Crippen molar-refractivity contribution in [2.45, 2.75) is 13.1 Å². The van der Waals surface area contributed by atoms with Gasteiger partial charge < -0.3 is 4.74 Å². The molecule has 0 unspecified atom stereocenters. The lowest BCUT2D eigenvalue weighted by Gasteiger charge is -2.10. The lowest BCUT2D eigenvalue weighted by atomic mass is 10.1. The second-order valence-corrected chi connectivity index (χ2v) is 4.35. The normalized spacial score (nSPS) is 12.4. The Morgan fingerprint density at radius 1 is 1.26 bits per heavy atom. The molecule has 7 heteroatoms. The molecule has 0 saturated heterocycles. The molecule has 0 saturated carbocycles. The van der Waals surface area contributed by atoms with Gasteiger partial charge in [0.2, 0.25) is 0 Å². The molecule has 1 rings (SSSR count). The fourth-order valence-corrected chi connectivity index (χ4v) is 1.83. The maximum atomic E-state index is 12.7. The van der Waals surface area contributed by atoms with Crippen LogP contribution in [0.4, 0.5) is 13.2 Å². The molecule has 104 valence electrons. The van der Waals surface area contributed by atoms with Gasteiger partial charge in [-0.25, -0.2) is 4.79 Å². The van der Waals surface area contributed by atoms with Gasteiger partial charge in [-0.1, -0.05) is 23.2 Å². The molecular weight excluding hydrogens is 304 g/mol. The Labute approximate surface area is 117 Å². The van der Waals surface area contributed by atoms with Crippen molar-refractivity contribution >= 4 is 35.2 Å². The number of halogens is 5. The van der Waals surface area contributed by atoms with Gasteiger partial charge in [0.25, 0.3) is 0 Å². The zero-order valence-electron chi connectivity index (χ0n) is 9.72. The molecular formula is C12H9Cl2F3O2. The van der Waals surface area contributed by atoms with Crippen LogP contribution in [0.1, 0.15) is 12.5 Å². The molecule has 0 aliphatic rings. The van der Waals surface area contributed by atoms with Gasteiger partial charge in [0.05, 0.1) is 6.61 Å². The summed E-state index contributed by atoms with van der Waals surface area (Å²) in [5.74, 6) is -1.44. The molecule has 1 aromatic rings. The van der Waals surface area contributed by atoms with Gasteiger partial charge in [-0.05, 0) is 36.8 Å². The van der Waals surface area contributed by atoms with E-state index in [0.29, 0.717) is 6.08 Å². The van der Waals surface area contributed by atoms with Crippen molar-refractivity contribution in [3.8, 4) is 0 Å². The number of hydrogen-bond donors (Lipinski definition) is 0. The highest BCUT2D eigenvalue weighted by Crippen LogP contribution is 2.30. The Bertz CT molecular complexity index is 490. The van der Waals surface area contributed by atoms with Gasteiger partial charge in [-0.15, -0.1) is 0 Å². The van der Waals surface area contributed by atoms with Crippen LogP contribution < -0.4 is 0 Å². The molecule has 0 heterocycles. The predicted octanol–water partition coefficient (Wildman–Crippen LogP) is 4.50. The van der Waals surface area contributed by atoms with Crippen LogP contribution in [-0.2, 0) is 9.53 Å². The molecule has 0 aliphatic heterocycles. The second-order valence-electron chi connectivity index (χ2n) is 3.48. The van der Waals surface area contributed by atoms with Gasteiger partial charge in [-0.2, -0.15) is 13.2 Å². The lowest BCUT2D eigenvalue weighted by molar-refractivity contribution is -0.149. The Morgan fingerprint density at radius 3 is 2.21 bits per heavy atom. The molecule has 0 aromatic heterocycles. The minimum Gasteiger partial charge on any atom is -0.462 e. The van der Waals surface area contributed by atoms with Crippen LogP contribution in [0.15, 0.2) is 23.8 Å². The number of carbonyl (C=O) groups excluding carboxylic acids is 1. The van der Waals surface area contributed by atoms with Gasteiger partial charge in [0, 0.05) is 10.0 Å². The van der Waals surface area contributed by atoms with Crippen molar-refractivity contribution in [2.75, 3.05) is 6.61 Å². The summed E-state index contributed by atoms with van der Waals surface area (Å²) in [6, 6.07) is 3.90. The SMILES string of the molecule is CCOC(=O)C(=Cc1cc(Cl)cc(Cl)c1)C(F)(F)F. The van der Waals surface area contributed by atoms with E-state index in [-0.39, 0.29) is 22.2 Å². The van der Waals surface area contributed by atoms with Crippen molar-refractivity contribution in [1.82, 2.24) is 0 Å². The van der Waals surface area contributed by atoms with E-state index >= 15 is 0 Å². The standard InChI is InChI=1S/C12H9Cl2F3O2/c1-2-19-11(18)10(12(15,16)17)5-7-3-8(13)6-9(14)4-7/h3-6H,2H2,1H3. The van der Waals surface area contributed by atoms with E-state index < -0.39 is 17.7 Å². The zero-order valence-corrected chi connectivity index (χ0v) is 11.2. The molecule has 0 fully saturated rings. The Hall–Kier alpha value is -1.20. The van der Waals surface area contributed by atoms with E-state index in [0.717, 1.165) is 0 Å². The monoisotopic (exact) mass is 312 g/mol. The molecule has 0 spiro atoms. The van der Waals surface area contributed by atoms with Crippen LogP contribution in [0, 0.1) is 0 Å². The molecule has 0 amide bonds. The van der Waals surface area contributed by atoms with E-state index in [4.69, 9.17) is 23.2 Å². The first-order chi connectivity index (χ1) is 8.74. The first kappa shape index (κ1) is 15.9. The van der Waals surface area contributed by atoms with Crippen LogP contribution >= 0.6 is 23.2 Å². The highest BCUT2D eigenvalue weighted by Gasteiger charge is 2.39. The van der Waals surface area contributed by atoms with Gasteiger partial charge in [0.1, 0.15) is 5.57 Å². The number of carbonyl (C=O) groups is 1. The maximum absolute atomic E-state index is 12.7. The van der Waals surface area contributed by atoms with Gasteiger partial charge in [-0.3, -0.25) is 0 Å². The molecule has 0 aliphatic carbocycles. The molecule has 0 atom stereocenters. The number of hydrogen-bond acceptors (Lipinski definition) is 2. The summed E-state index contributed by atoms with van der Waals surface area (Å²) in [7, 11) is 0. The molecule has 0 N–H and O–H groups in total. The fraction of sp³-hybridized carbons (Fsp3) is 0.250. The number of alkyl halides is 3. The fourth-order valence-electron chi connectivity index (χ4n) is 1.29. The summed E-state index contributed by atoms with van der Waals surface area (Å²) in [4.78, 5) is 11.3. The Balaban J connectivity index is 3.23. The largest absolute Gasteiger partial charge is 0.462 e. The van der Waals surface area contributed by atoms with Crippen LogP contribution in [0.3, 0.4) is 0 Å². The third-order valence-corrected chi connectivity index (χ3v) is 2.43. The highest BCUT2D eigenvalue weighted by atomic mass is 35.5. The Kier molecular flexibility index (Phi) is 5.26. The van der Waals surface area contributed by atoms with Crippen LogP contribution in [-0.4, -0.2) is 18.8 Å². The topological polar surface area (TPSA) is 26.3 Å². The van der Waals surface area contributed by atoms with E-state index in [1.165, 1.54) is 25.1 Å². The van der Waals surface area contributed by atoms with Crippen molar-refractivity contribution in [3.05, 3.63) is 39.4 Å². The minimum atomic E-state index is -4.82. The van der Waals surface area contributed by atoms with E-state index in [2.05, 4.69) is 4.74 Å². The summed E-state index contributed by atoms with van der Waals surface area (Å²) in [5.41, 5.74) is -1.34. The summed E-state index contributed by atoms with van der Waals surface area (Å²) in [6.07, 6.45) is -4.17. The van der Waals surface area contributed by atoms with Gasteiger partial charge in [0.15, 0.2) is 0 Å². The van der Waals surface area contributed by atoms with Crippen molar-refractivity contribution in [3.63, 3.8) is 0 Å². The van der Waals surface area contributed by atoms with Crippen molar-refractivity contribution in [1.29, 1.82) is 0 Å². The van der Waals surface area contributed by atoms with Crippen molar-refractivity contribution < 1.29 is 22.7 Å². The van der Waals surface area contributed by atoms with Crippen LogP contribution in [0.25, 0.3) is 6.08 Å². The first-order valence-electron chi connectivity index (χ1n) is 5.16. The number of rotatable bonds is 3. The lowest BCUT2D eigenvalue weighted by Crippen LogP contribution is -2.22. The van der Waals surface area contributed by atoms with E-state index in [1.54, 1.807) is 0 Å². The van der Waals surface area contributed by atoms with E-state index in [1.807, 2.05) is 0 Å².